The predicted molar refractivity (Wildman–Crippen MR) is 121 cm³/mol. The molecule has 2 aromatic rings. The average Bonchev–Trinajstić information content (AvgIpc) is 2.97. The van der Waals surface area contributed by atoms with E-state index in [4.69, 9.17) is 12.2 Å². The van der Waals surface area contributed by atoms with E-state index in [9.17, 15) is 14.7 Å². The summed E-state index contributed by atoms with van der Waals surface area (Å²) in [4.78, 5) is 32.5. The molecule has 3 rings (SSSR count). The van der Waals surface area contributed by atoms with Gasteiger partial charge in [-0.25, -0.2) is 4.98 Å². The van der Waals surface area contributed by atoms with E-state index in [0.717, 1.165) is 24.8 Å². The molecule has 9 heteroatoms. The van der Waals surface area contributed by atoms with Crippen molar-refractivity contribution in [2.75, 3.05) is 25.0 Å². The summed E-state index contributed by atoms with van der Waals surface area (Å²) < 4.78 is 1.97. The van der Waals surface area contributed by atoms with E-state index in [0.29, 0.717) is 27.2 Å². The number of carbonyl (C=O) groups excluding carboxylic acids is 1. The number of aliphatic hydroxyl groups excluding tert-OH is 1. The van der Waals surface area contributed by atoms with Gasteiger partial charge in [0.05, 0.1) is 17.1 Å². The molecule has 29 heavy (non-hydrogen) atoms. The fourth-order valence-electron chi connectivity index (χ4n) is 3.09. The maximum atomic E-state index is 13.1. The molecule has 1 saturated heterocycles. The first-order valence-electron chi connectivity index (χ1n) is 9.60. The van der Waals surface area contributed by atoms with Gasteiger partial charge in [-0.3, -0.25) is 18.9 Å². The van der Waals surface area contributed by atoms with Gasteiger partial charge >= 0.3 is 0 Å². The zero-order valence-electron chi connectivity index (χ0n) is 16.5. The number of nitrogens with one attached hydrogen (secondary N) is 1. The predicted octanol–water partition coefficient (Wildman–Crippen LogP) is 2.80. The average molecular weight is 433 g/mol. The molecule has 1 aliphatic rings. The molecule has 1 fully saturated rings. The highest BCUT2D eigenvalue weighted by Crippen LogP contribution is 2.33. The molecule has 0 saturated carbocycles. The molecule has 3 heterocycles. The summed E-state index contributed by atoms with van der Waals surface area (Å²) in [6.45, 7) is 4.70. The lowest BCUT2D eigenvalue weighted by Crippen LogP contribution is -2.29. The number of aliphatic hydroxyl groups is 1. The molecule has 0 bridgehead atoms. The number of aryl methyl sites for hydroxylation is 1. The lowest BCUT2D eigenvalue weighted by atomic mass is 10.2. The van der Waals surface area contributed by atoms with Crippen molar-refractivity contribution in [1.29, 1.82) is 0 Å². The van der Waals surface area contributed by atoms with Crippen molar-refractivity contribution in [3.63, 3.8) is 0 Å². The summed E-state index contributed by atoms with van der Waals surface area (Å²) in [7, 11) is 0. The highest BCUT2D eigenvalue weighted by atomic mass is 32.2. The van der Waals surface area contributed by atoms with Gasteiger partial charge in [-0.1, -0.05) is 49.8 Å². The van der Waals surface area contributed by atoms with Crippen molar-refractivity contribution in [2.45, 2.75) is 33.1 Å². The Kier molecular flexibility index (Phi) is 7.05. The van der Waals surface area contributed by atoms with Crippen LogP contribution in [-0.2, 0) is 4.79 Å². The first kappa shape index (κ1) is 21.5. The Hall–Kier alpha value is -2.23. The molecule has 0 aromatic carbocycles. The summed E-state index contributed by atoms with van der Waals surface area (Å²) in [5, 5.41) is 12.2. The van der Waals surface area contributed by atoms with E-state index in [-0.39, 0.29) is 30.2 Å². The molecule has 0 unspecified atom stereocenters. The summed E-state index contributed by atoms with van der Waals surface area (Å²) in [6, 6.07) is 3.65. The van der Waals surface area contributed by atoms with Gasteiger partial charge < -0.3 is 10.4 Å². The third kappa shape index (κ3) is 4.52. The lowest BCUT2D eigenvalue weighted by molar-refractivity contribution is -0.122. The third-order valence-electron chi connectivity index (χ3n) is 4.62. The Morgan fingerprint density at radius 1 is 1.34 bits per heavy atom. The SMILES string of the molecule is CCCCCN1C(=O)C(=Cc2c(NCCO)nc3c(C)cccn3c2=O)SC1=S. The van der Waals surface area contributed by atoms with Gasteiger partial charge in [0.25, 0.3) is 11.5 Å². The van der Waals surface area contributed by atoms with Crippen LogP contribution in [0.4, 0.5) is 5.82 Å². The van der Waals surface area contributed by atoms with Gasteiger partial charge in [0.15, 0.2) is 0 Å². The van der Waals surface area contributed by atoms with Gasteiger partial charge in [0.1, 0.15) is 15.8 Å². The Labute approximate surface area is 178 Å². The van der Waals surface area contributed by atoms with Gasteiger partial charge in [0.2, 0.25) is 0 Å². The standard InChI is InChI=1S/C20H24N4O3S2/c1-3-4-5-9-24-19(27)15(29-20(24)28)12-14-16(21-8-11-25)22-17-13(2)7-6-10-23(17)18(14)26/h6-7,10,12,21,25H,3-5,8-9,11H2,1-2H3. The zero-order valence-corrected chi connectivity index (χ0v) is 18.1. The van der Waals surface area contributed by atoms with Gasteiger partial charge in [-0.15, -0.1) is 0 Å². The smallest absolute Gasteiger partial charge is 0.267 e. The van der Waals surface area contributed by atoms with Crippen LogP contribution < -0.4 is 10.9 Å². The van der Waals surface area contributed by atoms with E-state index >= 15 is 0 Å². The van der Waals surface area contributed by atoms with Crippen LogP contribution in [0.5, 0.6) is 0 Å². The fraction of sp³-hybridized carbons (Fsp3) is 0.400. The van der Waals surface area contributed by atoms with E-state index in [1.807, 2.05) is 13.0 Å². The van der Waals surface area contributed by atoms with E-state index in [1.54, 1.807) is 23.2 Å². The first-order chi connectivity index (χ1) is 14.0. The van der Waals surface area contributed by atoms with Crippen LogP contribution in [0, 0.1) is 6.92 Å². The van der Waals surface area contributed by atoms with Crippen LogP contribution in [-0.4, -0.2) is 49.3 Å². The molecule has 2 aromatic heterocycles. The fourth-order valence-corrected chi connectivity index (χ4v) is 4.38. The Morgan fingerprint density at radius 2 is 2.14 bits per heavy atom. The molecular weight excluding hydrogens is 408 g/mol. The number of anilines is 1. The number of hydrogen-bond donors (Lipinski definition) is 2. The number of thiocarbonyl (C=S) groups is 1. The van der Waals surface area contributed by atoms with Crippen LogP contribution in [0.25, 0.3) is 11.7 Å². The molecule has 1 amide bonds. The van der Waals surface area contributed by atoms with Crippen LogP contribution in [0.3, 0.4) is 0 Å². The number of aromatic nitrogens is 2. The Morgan fingerprint density at radius 3 is 2.86 bits per heavy atom. The second kappa shape index (κ2) is 9.51. The van der Waals surface area contributed by atoms with Crippen molar-refractivity contribution in [3.05, 3.63) is 44.7 Å². The molecule has 0 atom stereocenters. The number of amides is 1. The Bertz CT molecular complexity index is 1030. The van der Waals surface area contributed by atoms with Gasteiger partial charge in [-0.2, -0.15) is 0 Å². The van der Waals surface area contributed by atoms with Gasteiger partial charge in [0, 0.05) is 19.3 Å². The lowest BCUT2D eigenvalue weighted by Gasteiger charge is -2.13. The number of fused-ring (bicyclic) bond motifs is 1. The van der Waals surface area contributed by atoms with Crippen molar-refractivity contribution < 1.29 is 9.90 Å². The molecule has 0 radical (unpaired) electrons. The summed E-state index contributed by atoms with van der Waals surface area (Å²) >= 11 is 6.57. The highest BCUT2D eigenvalue weighted by molar-refractivity contribution is 8.26. The molecule has 0 spiro atoms. The summed E-state index contributed by atoms with van der Waals surface area (Å²) in [5.41, 5.74) is 1.37. The minimum Gasteiger partial charge on any atom is -0.395 e. The normalized spacial score (nSPS) is 15.7. The van der Waals surface area contributed by atoms with Crippen LogP contribution in [0.2, 0.25) is 0 Å². The second-order valence-electron chi connectivity index (χ2n) is 6.75. The minimum atomic E-state index is -0.282. The number of carbonyl (C=O) groups is 1. The summed E-state index contributed by atoms with van der Waals surface area (Å²) in [6.07, 6.45) is 6.19. The number of hydrogen-bond acceptors (Lipinski definition) is 7. The Balaban J connectivity index is 2.04. The van der Waals surface area contributed by atoms with E-state index in [1.165, 1.54) is 16.2 Å². The van der Waals surface area contributed by atoms with E-state index < -0.39 is 0 Å². The maximum absolute atomic E-state index is 13.1. The van der Waals surface area contributed by atoms with E-state index in [2.05, 4.69) is 17.2 Å². The van der Waals surface area contributed by atoms with Crippen molar-refractivity contribution >= 4 is 51.7 Å². The second-order valence-corrected chi connectivity index (χ2v) is 8.43. The molecule has 1 aliphatic heterocycles. The number of nitrogens with zero attached hydrogens (tertiary/aromatic N) is 3. The highest BCUT2D eigenvalue weighted by Gasteiger charge is 2.32. The van der Waals surface area contributed by atoms with Gasteiger partial charge in [-0.05, 0) is 31.1 Å². The number of pyridine rings is 1. The zero-order chi connectivity index (χ0) is 21.0. The van der Waals surface area contributed by atoms with Crippen LogP contribution in [0.15, 0.2) is 28.0 Å². The number of rotatable bonds is 8. The molecular formula is C20H24N4O3S2. The largest absolute Gasteiger partial charge is 0.395 e. The quantitative estimate of drug-likeness (QED) is 0.377. The number of unbranched alkanes of at least 4 members (excludes halogenated alkanes) is 2. The number of thioether (sulfide) groups is 1. The third-order valence-corrected chi connectivity index (χ3v) is 6.00. The molecule has 0 aliphatic carbocycles. The molecule has 7 nitrogen and oxygen atoms in total. The minimum absolute atomic E-state index is 0.103. The monoisotopic (exact) mass is 432 g/mol. The maximum Gasteiger partial charge on any atom is 0.267 e. The van der Waals surface area contributed by atoms with Crippen LogP contribution >= 0.6 is 24.0 Å². The van der Waals surface area contributed by atoms with Crippen LogP contribution in [0.1, 0.15) is 37.3 Å². The first-order valence-corrected chi connectivity index (χ1v) is 10.8. The van der Waals surface area contributed by atoms with Crippen molar-refractivity contribution in [3.8, 4) is 0 Å². The van der Waals surface area contributed by atoms with Crippen molar-refractivity contribution in [2.24, 2.45) is 0 Å². The topological polar surface area (TPSA) is 86.9 Å². The van der Waals surface area contributed by atoms with Crippen molar-refractivity contribution in [1.82, 2.24) is 14.3 Å². The molecule has 2 N–H and O–H groups in total. The summed E-state index contributed by atoms with van der Waals surface area (Å²) in [5.74, 6) is 0.160. The molecule has 154 valence electrons.